The summed E-state index contributed by atoms with van der Waals surface area (Å²) in [7, 11) is 1.92. The van der Waals surface area contributed by atoms with Crippen molar-refractivity contribution in [2.75, 3.05) is 6.61 Å². The normalized spacial score (nSPS) is 12.3. The summed E-state index contributed by atoms with van der Waals surface area (Å²) in [6, 6.07) is 3.11. The van der Waals surface area contributed by atoms with Crippen LogP contribution in [-0.2, 0) is 12.8 Å². The average Bonchev–Trinajstić information content (AvgIpc) is 3.05. The van der Waals surface area contributed by atoms with E-state index >= 15 is 0 Å². The van der Waals surface area contributed by atoms with E-state index in [9.17, 15) is 4.79 Å². The van der Waals surface area contributed by atoms with E-state index in [4.69, 9.17) is 9.52 Å². The first-order valence-electron chi connectivity index (χ1n) is 6.20. The molecule has 0 aromatic carbocycles. The van der Waals surface area contributed by atoms with E-state index in [1.54, 1.807) is 25.3 Å². The summed E-state index contributed by atoms with van der Waals surface area (Å²) in [6.45, 7) is 1.62. The number of aliphatic hydroxyl groups excluding tert-OH is 1. The first-order chi connectivity index (χ1) is 9.60. The number of nitrogens with zero attached hydrogens (tertiary/aromatic N) is 2. The minimum absolute atomic E-state index is 0.103. The molecule has 6 nitrogen and oxygen atoms in total. The van der Waals surface area contributed by atoms with E-state index < -0.39 is 0 Å². The molecule has 108 valence electrons. The van der Waals surface area contributed by atoms with E-state index in [1.807, 2.05) is 17.8 Å². The number of hydrogen-bond donors (Lipinski definition) is 2. The first kappa shape index (κ1) is 14.7. The standard InChI is InChI=1S/C13H17N3O3S/c1-9(7-17)15-12(18)11-4-3-10(19-11)8-20-13-14-5-6-16(13)2/h3-6,9,17H,7-8H2,1-2H3,(H,15,18). The quantitative estimate of drug-likeness (QED) is 0.788. The van der Waals surface area contributed by atoms with Crippen molar-refractivity contribution in [1.29, 1.82) is 0 Å². The lowest BCUT2D eigenvalue weighted by atomic mass is 10.3. The lowest BCUT2D eigenvalue weighted by Gasteiger charge is -2.08. The monoisotopic (exact) mass is 295 g/mol. The van der Waals surface area contributed by atoms with Gasteiger partial charge in [0.05, 0.1) is 12.4 Å². The lowest BCUT2D eigenvalue weighted by molar-refractivity contribution is 0.0893. The topological polar surface area (TPSA) is 80.3 Å². The van der Waals surface area contributed by atoms with E-state index in [1.165, 1.54) is 11.8 Å². The maximum absolute atomic E-state index is 11.8. The lowest BCUT2D eigenvalue weighted by Crippen LogP contribution is -2.34. The van der Waals surface area contributed by atoms with Gasteiger partial charge in [0.15, 0.2) is 10.9 Å². The Bertz CT molecular complexity index is 579. The van der Waals surface area contributed by atoms with Crippen LogP contribution in [0.2, 0.25) is 0 Å². The number of carbonyl (C=O) groups is 1. The highest BCUT2D eigenvalue weighted by Gasteiger charge is 2.13. The van der Waals surface area contributed by atoms with Gasteiger partial charge < -0.3 is 19.4 Å². The van der Waals surface area contributed by atoms with Gasteiger partial charge in [-0.3, -0.25) is 4.79 Å². The van der Waals surface area contributed by atoms with Crippen molar-refractivity contribution < 1.29 is 14.3 Å². The molecule has 2 heterocycles. The van der Waals surface area contributed by atoms with Crippen molar-refractivity contribution in [3.8, 4) is 0 Å². The van der Waals surface area contributed by atoms with Crippen LogP contribution in [0, 0.1) is 0 Å². The summed E-state index contributed by atoms with van der Waals surface area (Å²) in [4.78, 5) is 16.0. The molecule has 0 saturated heterocycles. The zero-order valence-electron chi connectivity index (χ0n) is 11.4. The molecule has 0 fully saturated rings. The van der Waals surface area contributed by atoms with E-state index in [-0.39, 0.29) is 24.3 Å². The molecule has 0 aliphatic carbocycles. The second-order valence-corrected chi connectivity index (χ2v) is 5.37. The van der Waals surface area contributed by atoms with Crippen LogP contribution in [0.1, 0.15) is 23.2 Å². The highest BCUT2D eigenvalue weighted by Crippen LogP contribution is 2.21. The van der Waals surface area contributed by atoms with Gasteiger partial charge in [0.1, 0.15) is 5.76 Å². The smallest absolute Gasteiger partial charge is 0.287 e. The Morgan fingerprint density at radius 2 is 2.40 bits per heavy atom. The van der Waals surface area contributed by atoms with E-state index in [2.05, 4.69) is 10.3 Å². The maximum Gasteiger partial charge on any atom is 0.287 e. The number of thioether (sulfide) groups is 1. The summed E-state index contributed by atoms with van der Waals surface area (Å²) < 4.78 is 7.40. The van der Waals surface area contributed by atoms with E-state index in [0.717, 1.165) is 5.16 Å². The zero-order chi connectivity index (χ0) is 14.5. The molecular formula is C13H17N3O3S. The maximum atomic E-state index is 11.8. The molecule has 1 amide bonds. The molecule has 0 aliphatic rings. The van der Waals surface area contributed by atoms with Gasteiger partial charge in [-0.05, 0) is 19.1 Å². The molecule has 2 aromatic rings. The predicted molar refractivity (Wildman–Crippen MR) is 75.5 cm³/mol. The third kappa shape index (κ3) is 3.64. The third-order valence-corrected chi connectivity index (χ3v) is 3.74. The SMILES string of the molecule is CC(CO)NC(=O)c1ccc(CSc2nccn2C)o1. The van der Waals surface area contributed by atoms with Gasteiger partial charge in [0, 0.05) is 25.5 Å². The molecule has 20 heavy (non-hydrogen) atoms. The van der Waals surface area contributed by atoms with Crippen LogP contribution >= 0.6 is 11.8 Å². The fourth-order valence-corrected chi connectivity index (χ4v) is 2.37. The van der Waals surface area contributed by atoms with Crippen LogP contribution in [0.4, 0.5) is 0 Å². The molecule has 2 N–H and O–H groups in total. The van der Waals surface area contributed by atoms with Crippen molar-refractivity contribution >= 4 is 17.7 Å². The van der Waals surface area contributed by atoms with Crippen LogP contribution in [0.3, 0.4) is 0 Å². The van der Waals surface area contributed by atoms with Crippen molar-refractivity contribution in [1.82, 2.24) is 14.9 Å². The first-order valence-corrected chi connectivity index (χ1v) is 7.19. The number of furan rings is 1. The Balaban J connectivity index is 1.92. The number of imidazole rings is 1. The second-order valence-electron chi connectivity index (χ2n) is 4.43. The fraction of sp³-hybridized carbons (Fsp3) is 0.385. The van der Waals surface area contributed by atoms with Crippen LogP contribution in [0.5, 0.6) is 0 Å². The number of carbonyl (C=O) groups excluding carboxylic acids is 1. The average molecular weight is 295 g/mol. The number of rotatable bonds is 6. The predicted octanol–water partition coefficient (Wildman–Crippen LogP) is 1.42. The van der Waals surface area contributed by atoms with Crippen molar-refractivity contribution in [3.63, 3.8) is 0 Å². The van der Waals surface area contributed by atoms with E-state index in [0.29, 0.717) is 11.5 Å². The molecule has 0 aliphatic heterocycles. The number of aromatic nitrogens is 2. The summed E-state index contributed by atoms with van der Waals surface area (Å²) >= 11 is 1.54. The Morgan fingerprint density at radius 1 is 1.60 bits per heavy atom. The molecule has 2 aromatic heterocycles. The summed E-state index contributed by atoms with van der Waals surface area (Å²) in [5.74, 6) is 1.24. The van der Waals surface area contributed by atoms with Gasteiger partial charge >= 0.3 is 0 Å². The Labute approximate surface area is 121 Å². The van der Waals surface area contributed by atoms with Crippen molar-refractivity contribution in [2.45, 2.75) is 23.9 Å². The number of aliphatic hydroxyl groups is 1. The Hall–Kier alpha value is -1.73. The highest BCUT2D eigenvalue weighted by atomic mass is 32.2. The van der Waals surface area contributed by atoms with Crippen molar-refractivity contribution in [2.24, 2.45) is 7.05 Å². The van der Waals surface area contributed by atoms with Gasteiger partial charge in [-0.1, -0.05) is 11.8 Å². The molecule has 2 rings (SSSR count). The summed E-state index contributed by atoms with van der Waals surface area (Å²) in [5, 5.41) is 12.4. The van der Waals surface area contributed by atoms with Crippen LogP contribution in [-0.4, -0.2) is 33.2 Å². The van der Waals surface area contributed by atoms with Gasteiger partial charge in [0.25, 0.3) is 5.91 Å². The number of nitrogens with one attached hydrogen (secondary N) is 1. The number of hydrogen-bond acceptors (Lipinski definition) is 5. The summed E-state index contributed by atoms with van der Waals surface area (Å²) in [5.41, 5.74) is 0. The molecule has 0 radical (unpaired) electrons. The minimum atomic E-state index is -0.320. The molecular weight excluding hydrogens is 278 g/mol. The summed E-state index contributed by atoms with van der Waals surface area (Å²) in [6.07, 6.45) is 3.61. The highest BCUT2D eigenvalue weighted by molar-refractivity contribution is 7.98. The van der Waals surface area contributed by atoms with Crippen molar-refractivity contribution in [3.05, 3.63) is 36.0 Å². The third-order valence-electron chi connectivity index (χ3n) is 2.66. The molecule has 0 spiro atoms. The fourth-order valence-electron chi connectivity index (χ4n) is 1.54. The number of aryl methyl sites for hydroxylation is 1. The zero-order valence-corrected chi connectivity index (χ0v) is 12.2. The van der Waals surface area contributed by atoms with Crippen LogP contribution < -0.4 is 5.32 Å². The second kappa shape index (κ2) is 6.62. The Kier molecular flexibility index (Phi) is 4.86. The minimum Gasteiger partial charge on any atom is -0.455 e. The van der Waals surface area contributed by atoms with Crippen LogP contribution in [0.15, 0.2) is 34.1 Å². The molecule has 0 saturated carbocycles. The van der Waals surface area contributed by atoms with Gasteiger partial charge in [0.2, 0.25) is 0 Å². The van der Waals surface area contributed by atoms with Gasteiger partial charge in [-0.15, -0.1) is 0 Å². The van der Waals surface area contributed by atoms with Gasteiger partial charge in [-0.2, -0.15) is 0 Å². The molecule has 7 heteroatoms. The molecule has 0 bridgehead atoms. The Morgan fingerprint density at radius 3 is 3.05 bits per heavy atom. The van der Waals surface area contributed by atoms with Gasteiger partial charge in [-0.25, -0.2) is 4.98 Å². The molecule has 1 atom stereocenters. The largest absolute Gasteiger partial charge is 0.455 e. The number of amides is 1. The van der Waals surface area contributed by atoms with Crippen LogP contribution in [0.25, 0.3) is 0 Å². The molecule has 1 unspecified atom stereocenters.